The number of rotatable bonds is 0. The summed E-state index contributed by atoms with van der Waals surface area (Å²) < 4.78 is 0. The van der Waals surface area contributed by atoms with Crippen LogP contribution in [0.1, 0.15) is 11.5 Å². The molecule has 0 saturated heterocycles. The van der Waals surface area contributed by atoms with Crippen molar-refractivity contribution in [2.75, 3.05) is 7.05 Å². The van der Waals surface area contributed by atoms with E-state index in [1.54, 1.807) is 19.2 Å². The molecule has 58 valence electrons. The van der Waals surface area contributed by atoms with Gasteiger partial charge in [-0.1, -0.05) is 5.92 Å². The minimum absolute atomic E-state index is 0.641. The van der Waals surface area contributed by atoms with Gasteiger partial charge < -0.3 is 5.73 Å². The maximum Gasteiger partial charge on any atom is 0.126 e. The summed E-state index contributed by atoms with van der Waals surface area (Å²) in [6.45, 7) is 1.81. The third kappa shape index (κ3) is 3.33. The Morgan fingerprint density at radius 1 is 1.55 bits per heavy atom. The summed E-state index contributed by atoms with van der Waals surface area (Å²) in [6.07, 6.45) is 6.73. The lowest BCUT2D eigenvalue weighted by Crippen LogP contribution is -1.88. The molecule has 0 spiro atoms. The summed E-state index contributed by atoms with van der Waals surface area (Å²) >= 11 is 0. The van der Waals surface area contributed by atoms with Gasteiger partial charge in [-0.2, -0.15) is 0 Å². The van der Waals surface area contributed by atoms with Crippen LogP contribution in [-0.4, -0.2) is 17.0 Å². The van der Waals surface area contributed by atoms with E-state index in [1.165, 1.54) is 7.05 Å². The first-order chi connectivity index (χ1) is 5.33. The topological polar surface area (TPSA) is 51.8 Å². The number of nitrogens with two attached hydrogens (primary N) is 1. The van der Waals surface area contributed by atoms with Gasteiger partial charge >= 0.3 is 0 Å². The van der Waals surface area contributed by atoms with Crippen LogP contribution in [0.2, 0.25) is 0 Å². The molecule has 0 fully saturated rings. The van der Waals surface area contributed by atoms with Crippen molar-refractivity contribution in [3.8, 4) is 12.3 Å². The molecule has 0 aliphatic carbocycles. The standard InChI is InChI=1S/C7H6N2.CH5N/c1-3-7-4-5-8-6(2)9-7;1-2/h1,4-5H,2H3;2H2,1H3. The van der Waals surface area contributed by atoms with E-state index in [4.69, 9.17) is 6.42 Å². The highest BCUT2D eigenvalue weighted by Crippen LogP contribution is 1.89. The number of nitrogens with zero attached hydrogens (tertiary/aromatic N) is 2. The second-order valence-electron chi connectivity index (χ2n) is 1.63. The maximum absolute atomic E-state index is 5.08. The van der Waals surface area contributed by atoms with Gasteiger partial charge in [-0.15, -0.1) is 6.42 Å². The molecule has 3 heteroatoms. The first kappa shape index (κ1) is 9.60. The quantitative estimate of drug-likeness (QED) is 0.541. The summed E-state index contributed by atoms with van der Waals surface area (Å²) in [5, 5.41) is 0. The van der Waals surface area contributed by atoms with E-state index in [-0.39, 0.29) is 0 Å². The average Bonchev–Trinajstić information content (AvgIpc) is 2.08. The van der Waals surface area contributed by atoms with E-state index in [0.717, 1.165) is 0 Å². The number of aryl methyl sites for hydroxylation is 1. The summed E-state index contributed by atoms with van der Waals surface area (Å²) in [5.74, 6) is 3.13. The molecule has 0 saturated carbocycles. The Kier molecular flexibility index (Phi) is 4.70. The largest absolute Gasteiger partial charge is 0.333 e. The number of hydrogen-bond donors (Lipinski definition) is 1. The lowest BCUT2D eigenvalue weighted by Gasteiger charge is -1.88. The zero-order chi connectivity index (χ0) is 8.69. The highest BCUT2D eigenvalue weighted by atomic mass is 14.9. The highest BCUT2D eigenvalue weighted by molar-refractivity contribution is 5.22. The molecule has 0 aromatic carbocycles. The third-order valence-corrected chi connectivity index (χ3v) is 0.924. The van der Waals surface area contributed by atoms with Crippen LogP contribution in [0.4, 0.5) is 0 Å². The smallest absolute Gasteiger partial charge is 0.126 e. The van der Waals surface area contributed by atoms with E-state index in [9.17, 15) is 0 Å². The van der Waals surface area contributed by atoms with Gasteiger partial charge in [0.25, 0.3) is 0 Å². The fourth-order valence-electron chi connectivity index (χ4n) is 0.537. The molecular weight excluding hydrogens is 138 g/mol. The summed E-state index contributed by atoms with van der Waals surface area (Å²) in [7, 11) is 1.50. The van der Waals surface area contributed by atoms with Crippen LogP contribution >= 0.6 is 0 Å². The Morgan fingerprint density at radius 2 is 2.18 bits per heavy atom. The molecular formula is C8H11N3. The van der Waals surface area contributed by atoms with Crippen LogP contribution in [0.3, 0.4) is 0 Å². The molecule has 0 aliphatic heterocycles. The predicted octanol–water partition coefficient (Wildman–Crippen LogP) is 0.341. The van der Waals surface area contributed by atoms with E-state index in [0.29, 0.717) is 11.5 Å². The molecule has 1 aromatic rings. The Morgan fingerprint density at radius 3 is 2.55 bits per heavy atom. The zero-order valence-corrected chi connectivity index (χ0v) is 6.70. The highest BCUT2D eigenvalue weighted by Gasteiger charge is 1.86. The van der Waals surface area contributed by atoms with Crippen molar-refractivity contribution in [3.05, 3.63) is 23.8 Å². The van der Waals surface area contributed by atoms with Gasteiger partial charge in [-0.25, -0.2) is 9.97 Å². The Hall–Kier alpha value is -1.40. The molecule has 0 atom stereocenters. The van der Waals surface area contributed by atoms with E-state index in [2.05, 4.69) is 21.6 Å². The van der Waals surface area contributed by atoms with Crippen LogP contribution in [-0.2, 0) is 0 Å². The van der Waals surface area contributed by atoms with Crippen molar-refractivity contribution in [2.24, 2.45) is 5.73 Å². The van der Waals surface area contributed by atoms with Crippen molar-refractivity contribution < 1.29 is 0 Å². The monoisotopic (exact) mass is 149 g/mol. The Bertz CT molecular complexity index is 250. The van der Waals surface area contributed by atoms with E-state index in [1.807, 2.05) is 0 Å². The number of terminal acetylenes is 1. The third-order valence-electron chi connectivity index (χ3n) is 0.924. The maximum atomic E-state index is 5.08. The molecule has 1 rings (SSSR count). The zero-order valence-electron chi connectivity index (χ0n) is 6.70. The van der Waals surface area contributed by atoms with Crippen molar-refractivity contribution in [2.45, 2.75) is 6.92 Å². The van der Waals surface area contributed by atoms with Crippen LogP contribution in [0, 0.1) is 19.3 Å². The molecule has 0 radical (unpaired) electrons. The predicted molar refractivity (Wildman–Crippen MR) is 44.8 cm³/mol. The first-order valence-electron chi connectivity index (χ1n) is 3.17. The molecule has 2 N–H and O–H groups in total. The molecule has 0 bridgehead atoms. The van der Waals surface area contributed by atoms with Crippen LogP contribution in [0.5, 0.6) is 0 Å². The first-order valence-corrected chi connectivity index (χ1v) is 3.17. The molecule has 1 aromatic heterocycles. The summed E-state index contributed by atoms with van der Waals surface area (Å²) in [6, 6.07) is 1.70. The SMILES string of the molecule is C#Cc1ccnc(C)n1.CN. The van der Waals surface area contributed by atoms with Crippen LogP contribution in [0.15, 0.2) is 12.3 Å². The number of hydrogen-bond acceptors (Lipinski definition) is 3. The van der Waals surface area contributed by atoms with Gasteiger partial charge in [0, 0.05) is 6.20 Å². The fourth-order valence-corrected chi connectivity index (χ4v) is 0.537. The van der Waals surface area contributed by atoms with Crippen LogP contribution < -0.4 is 5.73 Å². The van der Waals surface area contributed by atoms with Gasteiger partial charge in [0.1, 0.15) is 11.5 Å². The van der Waals surface area contributed by atoms with Crippen LogP contribution in [0.25, 0.3) is 0 Å². The summed E-state index contributed by atoms with van der Waals surface area (Å²) in [4.78, 5) is 7.83. The molecule has 0 aliphatic rings. The molecule has 11 heavy (non-hydrogen) atoms. The lowest BCUT2D eigenvalue weighted by molar-refractivity contribution is 1.04. The van der Waals surface area contributed by atoms with Gasteiger partial charge in [0.15, 0.2) is 0 Å². The van der Waals surface area contributed by atoms with Crippen molar-refractivity contribution in [1.29, 1.82) is 0 Å². The van der Waals surface area contributed by atoms with Gasteiger partial charge in [-0.05, 0) is 20.0 Å². The minimum atomic E-state index is 0.641. The Labute approximate surface area is 66.7 Å². The van der Waals surface area contributed by atoms with E-state index < -0.39 is 0 Å². The normalized spacial score (nSPS) is 7.45. The van der Waals surface area contributed by atoms with E-state index >= 15 is 0 Å². The Balaban J connectivity index is 0.000000461. The second kappa shape index (κ2) is 5.39. The summed E-state index contributed by atoms with van der Waals surface area (Å²) in [5.41, 5.74) is 5.14. The minimum Gasteiger partial charge on any atom is -0.333 e. The molecule has 1 heterocycles. The lowest BCUT2D eigenvalue weighted by atomic mass is 10.4. The van der Waals surface area contributed by atoms with Gasteiger partial charge in [0.05, 0.1) is 0 Å². The van der Waals surface area contributed by atoms with Crippen molar-refractivity contribution >= 4 is 0 Å². The van der Waals surface area contributed by atoms with Gasteiger partial charge in [-0.3, -0.25) is 0 Å². The fraction of sp³-hybridized carbons (Fsp3) is 0.250. The molecule has 0 unspecified atom stereocenters. The average molecular weight is 149 g/mol. The molecule has 3 nitrogen and oxygen atoms in total. The van der Waals surface area contributed by atoms with Crippen molar-refractivity contribution in [1.82, 2.24) is 9.97 Å². The molecule has 0 amide bonds. The van der Waals surface area contributed by atoms with Crippen molar-refractivity contribution in [3.63, 3.8) is 0 Å². The van der Waals surface area contributed by atoms with Gasteiger partial charge in [0.2, 0.25) is 0 Å². The second-order valence-corrected chi connectivity index (χ2v) is 1.63. The number of aromatic nitrogens is 2.